The van der Waals surface area contributed by atoms with Crippen molar-refractivity contribution in [3.63, 3.8) is 0 Å². The molecule has 1 nitrogen and oxygen atoms in total. The molecule has 0 aromatic heterocycles. The third-order valence-corrected chi connectivity index (χ3v) is 1.40. The van der Waals surface area contributed by atoms with E-state index in [-0.39, 0.29) is 5.92 Å². The van der Waals surface area contributed by atoms with Gasteiger partial charge in [-0.2, -0.15) is 0 Å². The van der Waals surface area contributed by atoms with Crippen molar-refractivity contribution in [3.05, 3.63) is 18.0 Å². The molecule has 0 fully saturated rings. The topological polar surface area (TPSA) is 12.0 Å². The summed E-state index contributed by atoms with van der Waals surface area (Å²) in [6.45, 7) is 6.19. The molecule has 0 saturated carbocycles. The minimum absolute atomic E-state index is 0.200. The molecule has 0 aromatic rings. The minimum atomic E-state index is 0.200. The summed E-state index contributed by atoms with van der Waals surface area (Å²) in [5, 5.41) is 3.08. The first-order valence-corrected chi connectivity index (χ1v) is 3.77. The maximum atomic E-state index is 5.20. The van der Waals surface area contributed by atoms with E-state index in [1.54, 1.807) is 0 Å². The molecule has 0 rings (SSSR count). The number of hydrogen-bond acceptors (Lipinski definition) is 1. The van der Waals surface area contributed by atoms with Crippen LogP contribution in [-0.2, 0) is 0 Å². The Labute approximate surface area is 74.6 Å². The Morgan fingerprint density at radius 1 is 1.58 bits per heavy atom. The summed E-state index contributed by atoms with van der Waals surface area (Å²) in [5.74, 6) is 5.32. The Morgan fingerprint density at radius 3 is 2.67 bits per heavy atom. The van der Waals surface area contributed by atoms with Crippen molar-refractivity contribution in [1.82, 2.24) is 5.32 Å². The molecule has 0 bridgehead atoms. The fourth-order valence-electron chi connectivity index (χ4n) is 0.625. The lowest BCUT2D eigenvalue weighted by Crippen LogP contribution is -2.19. The normalized spacial score (nSPS) is 10.2. The van der Waals surface area contributed by atoms with Crippen molar-refractivity contribution in [2.45, 2.75) is 13.3 Å². The SMILES string of the molecule is C#CCC(=C=C)NC[C@H](C)C#C. The van der Waals surface area contributed by atoms with Gasteiger partial charge in [0.05, 0.1) is 12.1 Å². The molecule has 0 unspecified atom stereocenters. The average molecular weight is 159 g/mol. The number of nitrogens with one attached hydrogen (secondary N) is 1. The molecule has 0 aliphatic rings. The number of allylic oxidation sites excluding steroid dienone is 1. The van der Waals surface area contributed by atoms with Gasteiger partial charge in [0, 0.05) is 12.5 Å². The molecule has 0 aliphatic heterocycles. The standard InChI is InChI=1S/C11H13N/c1-5-8-11(7-3)12-9-10(4)6-2/h1-2,10,12H,3,8-9H2,4H3/t10-/m1/s1. The molecule has 12 heavy (non-hydrogen) atoms. The first-order valence-electron chi connectivity index (χ1n) is 3.77. The van der Waals surface area contributed by atoms with Crippen molar-refractivity contribution in [2.75, 3.05) is 6.54 Å². The zero-order valence-corrected chi connectivity index (χ0v) is 7.35. The van der Waals surface area contributed by atoms with Crippen molar-refractivity contribution in [3.8, 4) is 24.7 Å². The quantitative estimate of drug-likeness (QED) is 0.484. The monoisotopic (exact) mass is 159 g/mol. The van der Waals surface area contributed by atoms with E-state index in [0.717, 1.165) is 12.2 Å². The van der Waals surface area contributed by atoms with Crippen LogP contribution < -0.4 is 5.32 Å². The molecule has 1 heteroatoms. The molecule has 0 radical (unpaired) electrons. The molecule has 0 heterocycles. The summed E-state index contributed by atoms with van der Waals surface area (Å²) >= 11 is 0. The van der Waals surface area contributed by atoms with Gasteiger partial charge >= 0.3 is 0 Å². The zero-order valence-electron chi connectivity index (χ0n) is 7.35. The molecule has 0 aromatic carbocycles. The van der Waals surface area contributed by atoms with Crippen LogP contribution in [0.15, 0.2) is 18.0 Å². The van der Waals surface area contributed by atoms with Gasteiger partial charge in [0.15, 0.2) is 0 Å². The molecular weight excluding hydrogens is 146 g/mol. The summed E-state index contributed by atoms with van der Waals surface area (Å²) < 4.78 is 0. The number of terminal acetylenes is 2. The highest BCUT2D eigenvalue weighted by Crippen LogP contribution is 1.95. The lowest BCUT2D eigenvalue weighted by Gasteiger charge is -2.07. The van der Waals surface area contributed by atoms with E-state index in [4.69, 9.17) is 12.8 Å². The van der Waals surface area contributed by atoms with Gasteiger partial charge in [-0.25, -0.2) is 0 Å². The predicted octanol–water partition coefficient (Wildman–Crippen LogP) is 1.54. The summed E-state index contributed by atoms with van der Waals surface area (Å²) in [6.07, 6.45) is 10.9. The van der Waals surface area contributed by atoms with Crippen LogP contribution in [-0.4, -0.2) is 6.54 Å². The molecule has 0 amide bonds. The van der Waals surface area contributed by atoms with E-state index in [9.17, 15) is 0 Å². The molecule has 0 aliphatic carbocycles. The third-order valence-electron chi connectivity index (χ3n) is 1.40. The van der Waals surface area contributed by atoms with Crippen molar-refractivity contribution < 1.29 is 0 Å². The molecule has 1 N–H and O–H groups in total. The predicted molar refractivity (Wildman–Crippen MR) is 52.1 cm³/mol. The van der Waals surface area contributed by atoms with E-state index in [1.807, 2.05) is 6.92 Å². The van der Waals surface area contributed by atoms with Gasteiger partial charge in [-0.05, 0) is 6.92 Å². The average Bonchev–Trinajstić information content (AvgIpc) is 2.11. The van der Waals surface area contributed by atoms with Crippen LogP contribution >= 0.6 is 0 Å². The van der Waals surface area contributed by atoms with Gasteiger partial charge in [-0.1, -0.05) is 12.5 Å². The van der Waals surface area contributed by atoms with Gasteiger partial charge < -0.3 is 5.32 Å². The third kappa shape index (κ3) is 4.29. The van der Waals surface area contributed by atoms with Gasteiger partial charge in [-0.15, -0.1) is 24.5 Å². The number of hydrogen-bond donors (Lipinski definition) is 1. The zero-order chi connectivity index (χ0) is 9.40. The van der Waals surface area contributed by atoms with Gasteiger partial charge in [0.2, 0.25) is 0 Å². The molecule has 0 saturated heterocycles. The second kappa shape index (κ2) is 6.17. The molecule has 62 valence electrons. The second-order valence-corrected chi connectivity index (χ2v) is 2.48. The first kappa shape index (κ1) is 10.4. The Kier molecular flexibility index (Phi) is 5.37. The highest BCUT2D eigenvalue weighted by Gasteiger charge is 1.97. The lowest BCUT2D eigenvalue weighted by molar-refractivity contribution is 0.663. The summed E-state index contributed by atoms with van der Waals surface area (Å²) in [4.78, 5) is 0. The van der Waals surface area contributed by atoms with Crippen LogP contribution in [0.3, 0.4) is 0 Å². The van der Waals surface area contributed by atoms with E-state index in [0.29, 0.717) is 6.42 Å². The summed E-state index contributed by atoms with van der Waals surface area (Å²) in [6, 6.07) is 0. The van der Waals surface area contributed by atoms with Crippen LogP contribution in [0, 0.1) is 30.6 Å². The Morgan fingerprint density at radius 2 is 2.25 bits per heavy atom. The van der Waals surface area contributed by atoms with E-state index in [1.165, 1.54) is 0 Å². The van der Waals surface area contributed by atoms with Crippen molar-refractivity contribution >= 4 is 0 Å². The molecular formula is C11H13N. The smallest absolute Gasteiger partial charge is 0.0653 e. The Bertz CT molecular complexity index is 256. The number of rotatable bonds is 4. The largest absolute Gasteiger partial charge is 0.380 e. The van der Waals surface area contributed by atoms with Crippen LogP contribution in [0.4, 0.5) is 0 Å². The van der Waals surface area contributed by atoms with Crippen molar-refractivity contribution in [2.24, 2.45) is 5.92 Å². The summed E-state index contributed by atoms with van der Waals surface area (Å²) in [7, 11) is 0. The van der Waals surface area contributed by atoms with Gasteiger partial charge in [0.25, 0.3) is 0 Å². The van der Waals surface area contributed by atoms with Gasteiger partial charge in [-0.3, -0.25) is 0 Å². The lowest BCUT2D eigenvalue weighted by atomic mass is 10.2. The summed E-state index contributed by atoms with van der Waals surface area (Å²) in [5.41, 5.74) is 3.56. The minimum Gasteiger partial charge on any atom is -0.380 e. The van der Waals surface area contributed by atoms with Crippen LogP contribution in [0.5, 0.6) is 0 Å². The van der Waals surface area contributed by atoms with Crippen LogP contribution in [0.25, 0.3) is 0 Å². The van der Waals surface area contributed by atoms with Crippen molar-refractivity contribution in [1.29, 1.82) is 0 Å². The van der Waals surface area contributed by atoms with E-state index >= 15 is 0 Å². The molecule has 0 spiro atoms. The second-order valence-electron chi connectivity index (χ2n) is 2.48. The van der Waals surface area contributed by atoms with Gasteiger partial charge in [0.1, 0.15) is 0 Å². The van der Waals surface area contributed by atoms with E-state index < -0.39 is 0 Å². The Hall–Kier alpha value is -1.56. The van der Waals surface area contributed by atoms with E-state index in [2.05, 4.69) is 29.5 Å². The highest BCUT2D eigenvalue weighted by molar-refractivity contribution is 5.07. The van der Waals surface area contributed by atoms with Crippen LogP contribution in [0.2, 0.25) is 0 Å². The fraction of sp³-hybridized carbons (Fsp3) is 0.364. The maximum Gasteiger partial charge on any atom is 0.0653 e. The highest BCUT2D eigenvalue weighted by atomic mass is 14.9. The Balaban J connectivity index is 3.86. The maximum absolute atomic E-state index is 5.20. The van der Waals surface area contributed by atoms with Crippen LogP contribution in [0.1, 0.15) is 13.3 Å². The fourth-order valence-corrected chi connectivity index (χ4v) is 0.625. The first-order chi connectivity index (χ1) is 5.74. The molecule has 1 atom stereocenters.